The number of halogens is 2. The summed E-state index contributed by atoms with van der Waals surface area (Å²) in [6.45, 7) is 0. The number of carbonyl (C=O) groups excluding carboxylic acids is 1. The van der Waals surface area contributed by atoms with Crippen molar-refractivity contribution < 1.29 is 4.79 Å². The Hall–Kier alpha value is -0.800. The lowest BCUT2D eigenvalue weighted by Gasteiger charge is -2.13. The molecule has 4 heteroatoms. The third-order valence-corrected chi connectivity index (χ3v) is 3.80. The molecule has 2 nitrogen and oxygen atoms in total. The zero-order chi connectivity index (χ0) is 13.0. The first-order chi connectivity index (χ1) is 8.65. The maximum absolute atomic E-state index is 11.9. The maximum Gasteiger partial charge on any atom is 0.228 e. The Morgan fingerprint density at radius 2 is 2.22 bits per heavy atom. The van der Waals surface area contributed by atoms with Gasteiger partial charge in [-0.25, -0.2) is 0 Å². The van der Waals surface area contributed by atoms with Gasteiger partial charge in [0.15, 0.2) is 0 Å². The SMILES string of the molecule is O=C(CC1=CCCCC1)Nc1cc(Br)ccc1Cl. The number of nitrogens with one attached hydrogen (secondary N) is 1. The van der Waals surface area contributed by atoms with E-state index in [1.165, 1.54) is 18.4 Å². The van der Waals surface area contributed by atoms with Crippen LogP contribution >= 0.6 is 27.5 Å². The minimum Gasteiger partial charge on any atom is -0.324 e. The summed E-state index contributed by atoms with van der Waals surface area (Å²) in [5.41, 5.74) is 1.90. The molecule has 96 valence electrons. The third kappa shape index (κ3) is 3.85. The van der Waals surface area contributed by atoms with Crippen LogP contribution in [0.2, 0.25) is 5.02 Å². The fourth-order valence-electron chi connectivity index (χ4n) is 2.06. The van der Waals surface area contributed by atoms with E-state index in [-0.39, 0.29) is 5.91 Å². The van der Waals surface area contributed by atoms with E-state index in [0.717, 1.165) is 17.3 Å². The Morgan fingerprint density at radius 1 is 1.39 bits per heavy atom. The highest BCUT2D eigenvalue weighted by atomic mass is 79.9. The van der Waals surface area contributed by atoms with E-state index in [9.17, 15) is 4.79 Å². The molecule has 1 amide bonds. The van der Waals surface area contributed by atoms with Crippen LogP contribution in [0.4, 0.5) is 5.69 Å². The molecular formula is C14H15BrClNO. The monoisotopic (exact) mass is 327 g/mol. The Balaban J connectivity index is 1.98. The number of anilines is 1. The summed E-state index contributed by atoms with van der Waals surface area (Å²) in [6, 6.07) is 5.43. The lowest BCUT2D eigenvalue weighted by atomic mass is 9.97. The van der Waals surface area contributed by atoms with Gasteiger partial charge < -0.3 is 5.32 Å². The molecule has 2 rings (SSSR count). The molecule has 0 bridgehead atoms. The summed E-state index contributed by atoms with van der Waals surface area (Å²) in [7, 11) is 0. The van der Waals surface area contributed by atoms with E-state index in [1.807, 2.05) is 12.1 Å². The Labute approximate surface area is 121 Å². The average Bonchev–Trinajstić information content (AvgIpc) is 2.35. The van der Waals surface area contributed by atoms with E-state index in [0.29, 0.717) is 17.1 Å². The molecule has 0 spiro atoms. The van der Waals surface area contributed by atoms with Crippen molar-refractivity contribution in [3.05, 3.63) is 39.3 Å². The Bertz CT molecular complexity index is 485. The van der Waals surface area contributed by atoms with Crippen LogP contribution in [-0.4, -0.2) is 5.91 Å². The van der Waals surface area contributed by atoms with E-state index in [2.05, 4.69) is 27.3 Å². The minimum atomic E-state index is 0.00292. The maximum atomic E-state index is 11.9. The number of rotatable bonds is 3. The number of hydrogen-bond acceptors (Lipinski definition) is 1. The van der Waals surface area contributed by atoms with E-state index < -0.39 is 0 Å². The molecule has 18 heavy (non-hydrogen) atoms. The smallest absolute Gasteiger partial charge is 0.228 e. The van der Waals surface area contributed by atoms with Crippen LogP contribution in [-0.2, 0) is 4.79 Å². The van der Waals surface area contributed by atoms with Crippen LogP contribution in [0.1, 0.15) is 32.1 Å². The van der Waals surface area contributed by atoms with Gasteiger partial charge in [-0.3, -0.25) is 4.79 Å². The van der Waals surface area contributed by atoms with Gasteiger partial charge in [0.1, 0.15) is 0 Å². The zero-order valence-corrected chi connectivity index (χ0v) is 12.4. The van der Waals surface area contributed by atoms with Crippen LogP contribution in [0.25, 0.3) is 0 Å². The van der Waals surface area contributed by atoms with Crippen molar-refractivity contribution in [2.45, 2.75) is 32.1 Å². The summed E-state index contributed by atoms with van der Waals surface area (Å²) < 4.78 is 0.902. The molecule has 0 saturated heterocycles. The first kappa shape index (κ1) is 13.6. The summed E-state index contributed by atoms with van der Waals surface area (Å²) in [4.78, 5) is 11.9. The van der Waals surface area contributed by atoms with Crippen LogP contribution < -0.4 is 5.32 Å². The van der Waals surface area contributed by atoms with Gasteiger partial charge in [0.05, 0.1) is 10.7 Å². The van der Waals surface area contributed by atoms with E-state index >= 15 is 0 Å². The third-order valence-electron chi connectivity index (χ3n) is 2.98. The predicted molar refractivity (Wildman–Crippen MR) is 78.9 cm³/mol. The number of carbonyl (C=O) groups is 1. The first-order valence-corrected chi connectivity index (χ1v) is 7.25. The fourth-order valence-corrected chi connectivity index (χ4v) is 2.58. The largest absolute Gasteiger partial charge is 0.324 e. The van der Waals surface area contributed by atoms with Crippen LogP contribution in [0.3, 0.4) is 0 Å². The Morgan fingerprint density at radius 3 is 2.94 bits per heavy atom. The van der Waals surface area contributed by atoms with Crippen LogP contribution in [0, 0.1) is 0 Å². The topological polar surface area (TPSA) is 29.1 Å². The minimum absolute atomic E-state index is 0.00292. The molecule has 0 saturated carbocycles. The molecule has 1 aromatic carbocycles. The van der Waals surface area contributed by atoms with Gasteiger partial charge in [-0.2, -0.15) is 0 Å². The lowest BCUT2D eigenvalue weighted by molar-refractivity contribution is -0.115. The summed E-state index contributed by atoms with van der Waals surface area (Å²) in [6.07, 6.45) is 7.23. The molecule has 1 aromatic rings. The van der Waals surface area contributed by atoms with E-state index in [4.69, 9.17) is 11.6 Å². The average molecular weight is 329 g/mol. The standard InChI is InChI=1S/C14H15BrClNO/c15-11-6-7-12(16)13(9-11)17-14(18)8-10-4-2-1-3-5-10/h4,6-7,9H,1-3,5,8H2,(H,17,18). The predicted octanol–water partition coefficient (Wildman–Crippen LogP) is 4.93. The second kappa shape index (κ2) is 6.39. The molecule has 1 N–H and O–H groups in total. The highest BCUT2D eigenvalue weighted by Crippen LogP contribution is 2.26. The summed E-state index contributed by atoms with van der Waals surface area (Å²) >= 11 is 9.40. The molecule has 0 heterocycles. The van der Waals surface area contributed by atoms with Crippen molar-refractivity contribution in [3.8, 4) is 0 Å². The molecule has 1 aliphatic carbocycles. The van der Waals surface area contributed by atoms with Gasteiger partial charge in [-0.1, -0.05) is 39.2 Å². The number of allylic oxidation sites excluding steroid dienone is 1. The van der Waals surface area contributed by atoms with Gasteiger partial charge in [0.25, 0.3) is 0 Å². The molecule has 0 atom stereocenters. The summed E-state index contributed by atoms with van der Waals surface area (Å²) in [5.74, 6) is 0.00292. The molecule has 0 radical (unpaired) electrons. The molecule has 0 aliphatic heterocycles. The molecule has 1 aliphatic rings. The zero-order valence-electron chi connectivity index (χ0n) is 10.0. The highest BCUT2D eigenvalue weighted by molar-refractivity contribution is 9.10. The van der Waals surface area contributed by atoms with Crippen molar-refractivity contribution in [3.63, 3.8) is 0 Å². The molecule has 0 aromatic heterocycles. The first-order valence-electron chi connectivity index (χ1n) is 6.08. The van der Waals surface area contributed by atoms with Crippen molar-refractivity contribution in [2.75, 3.05) is 5.32 Å². The summed E-state index contributed by atoms with van der Waals surface area (Å²) in [5, 5.41) is 3.42. The number of amides is 1. The van der Waals surface area contributed by atoms with Gasteiger partial charge >= 0.3 is 0 Å². The van der Waals surface area contributed by atoms with Gasteiger partial charge in [-0.05, 0) is 43.9 Å². The number of hydrogen-bond donors (Lipinski definition) is 1. The lowest BCUT2D eigenvalue weighted by Crippen LogP contribution is -2.13. The fraction of sp³-hybridized carbons (Fsp3) is 0.357. The van der Waals surface area contributed by atoms with Crippen molar-refractivity contribution in [1.29, 1.82) is 0 Å². The molecule has 0 unspecified atom stereocenters. The highest BCUT2D eigenvalue weighted by Gasteiger charge is 2.10. The molecular weight excluding hydrogens is 314 g/mol. The normalized spacial score (nSPS) is 15.1. The quantitative estimate of drug-likeness (QED) is 0.783. The van der Waals surface area contributed by atoms with Crippen molar-refractivity contribution >= 4 is 39.1 Å². The second-order valence-electron chi connectivity index (χ2n) is 4.46. The van der Waals surface area contributed by atoms with Crippen LogP contribution in [0.15, 0.2) is 34.3 Å². The second-order valence-corrected chi connectivity index (χ2v) is 5.78. The van der Waals surface area contributed by atoms with Crippen molar-refractivity contribution in [2.24, 2.45) is 0 Å². The number of benzene rings is 1. The van der Waals surface area contributed by atoms with Gasteiger partial charge in [0, 0.05) is 10.9 Å². The van der Waals surface area contributed by atoms with E-state index in [1.54, 1.807) is 6.07 Å². The Kier molecular flexibility index (Phi) is 4.84. The van der Waals surface area contributed by atoms with Gasteiger partial charge in [0.2, 0.25) is 5.91 Å². The van der Waals surface area contributed by atoms with Crippen molar-refractivity contribution in [1.82, 2.24) is 0 Å². The van der Waals surface area contributed by atoms with Crippen LogP contribution in [0.5, 0.6) is 0 Å². The van der Waals surface area contributed by atoms with Gasteiger partial charge in [-0.15, -0.1) is 0 Å². The molecule has 0 fully saturated rings.